The number of carboxylic acid groups (broad SMARTS) is 2. The number of nitrogens with zero attached hydrogens (tertiary/aromatic N) is 2. The number of carboxylic acids is 2. The zero-order chi connectivity index (χ0) is 33.3. The molecule has 0 aliphatic carbocycles. The fraction of sp³-hybridized carbons (Fsp3) is 0.297. The summed E-state index contributed by atoms with van der Waals surface area (Å²) in [5, 5.41) is 21.9. The molecule has 2 aliphatic heterocycles. The molecular weight excluding hydrogens is 578 g/mol. The Kier molecular flexibility index (Phi) is 9.25. The Morgan fingerprint density at radius 2 is 1.43 bits per heavy atom. The van der Waals surface area contributed by atoms with E-state index in [4.69, 9.17) is 9.97 Å². The van der Waals surface area contributed by atoms with Crippen LogP contribution in [-0.4, -0.2) is 54.7 Å². The first kappa shape index (κ1) is 32.4. The Hall–Kier alpha value is -5.02. The van der Waals surface area contributed by atoms with Crippen LogP contribution in [0.2, 0.25) is 0 Å². The molecule has 5 rings (SSSR count). The molecule has 46 heavy (non-hydrogen) atoms. The fourth-order valence-electron chi connectivity index (χ4n) is 6.21. The predicted octanol–water partition coefficient (Wildman–Crippen LogP) is 7.48. The lowest BCUT2D eigenvalue weighted by Crippen LogP contribution is -2.34. The number of nitrogens with one attached hydrogen (secondary N) is 3. The summed E-state index contributed by atoms with van der Waals surface area (Å²) in [5.41, 5.74) is 14.7. The molecule has 1 atom stereocenters. The Balaban J connectivity index is 1.82. The molecule has 2 aliphatic rings. The van der Waals surface area contributed by atoms with Crippen molar-refractivity contribution in [3.8, 4) is 0 Å². The molecule has 238 valence electrons. The van der Waals surface area contributed by atoms with Gasteiger partial charge in [-0.05, 0) is 118 Å². The summed E-state index contributed by atoms with van der Waals surface area (Å²) in [4.78, 5) is 40.2. The number of H-pyrrole nitrogens is 2. The SMILES string of the molecule is C=CC1=C(C)c2cc3[nH]c(cc4nc(cc5[nH]c(cc1n2)c(C)c5CCCN[C@@H](C)C(=O)O)C(CCC(=O)O)=C4C)c(C)c3C=C. The highest BCUT2D eigenvalue weighted by atomic mass is 16.4. The van der Waals surface area contributed by atoms with Crippen molar-refractivity contribution in [2.45, 2.75) is 66.3 Å². The summed E-state index contributed by atoms with van der Waals surface area (Å²) < 4.78 is 0. The van der Waals surface area contributed by atoms with Crippen molar-refractivity contribution in [3.63, 3.8) is 0 Å². The molecule has 0 saturated carbocycles. The Morgan fingerprint density at radius 3 is 2.11 bits per heavy atom. The van der Waals surface area contributed by atoms with Crippen LogP contribution in [0.15, 0.2) is 43.5 Å². The van der Waals surface area contributed by atoms with Gasteiger partial charge in [-0.1, -0.05) is 25.3 Å². The molecule has 9 nitrogen and oxygen atoms in total. The van der Waals surface area contributed by atoms with Gasteiger partial charge in [-0.3, -0.25) is 9.59 Å². The van der Waals surface area contributed by atoms with Crippen LogP contribution in [0.5, 0.6) is 0 Å². The molecule has 5 heterocycles. The standard InChI is InChI=1S/C37H41N5O4/c1-8-24-19(3)28-15-29-22(6)27(12-13-36(43)44)35(41-29)18-34-26(11-10-14-38-23(7)37(45)46)21(5)31(42-34)17-33-25(9-2)20(4)30(40-33)16-32(24)39-28/h8-9,15-18,23,38-39,42H,1-2,10-14H2,3-7H3,(H,43,44)(H,45,46)/t23-/m0/s1. The highest BCUT2D eigenvalue weighted by Gasteiger charge is 2.21. The maximum absolute atomic E-state index is 11.6. The van der Waals surface area contributed by atoms with Gasteiger partial charge in [0.05, 0.1) is 22.8 Å². The summed E-state index contributed by atoms with van der Waals surface area (Å²) >= 11 is 0. The minimum Gasteiger partial charge on any atom is -0.481 e. The lowest BCUT2D eigenvalue weighted by atomic mass is 10.00. The summed E-state index contributed by atoms with van der Waals surface area (Å²) in [5.74, 6) is -1.75. The van der Waals surface area contributed by atoms with E-state index in [9.17, 15) is 19.8 Å². The Bertz CT molecular complexity index is 2010. The molecule has 8 bridgehead atoms. The van der Waals surface area contributed by atoms with E-state index in [1.807, 2.05) is 57.2 Å². The Morgan fingerprint density at radius 1 is 0.826 bits per heavy atom. The number of carbonyl (C=O) groups is 2. The highest BCUT2D eigenvalue weighted by Crippen LogP contribution is 2.36. The summed E-state index contributed by atoms with van der Waals surface area (Å²) in [6, 6.07) is 7.48. The third-order valence-electron chi connectivity index (χ3n) is 9.06. The molecule has 0 fully saturated rings. The molecule has 0 radical (unpaired) electrons. The average Bonchev–Trinajstić information content (AvgIpc) is 3.67. The lowest BCUT2D eigenvalue weighted by Gasteiger charge is -2.09. The molecule has 3 aromatic heterocycles. The number of hydrogen-bond acceptors (Lipinski definition) is 5. The van der Waals surface area contributed by atoms with Crippen molar-refractivity contribution in [2.24, 2.45) is 0 Å². The molecule has 3 aromatic rings. The van der Waals surface area contributed by atoms with E-state index in [1.54, 1.807) is 6.92 Å². The van der Waals surface area contributed by atoms with Crippen molar-refractivity contribution in [2.75, 3.05) is 6.54 Å². The summed E-state index contributed by atoms with van der Waals surface area (Å²) in [6.45, 7) is 18.5. The Labute approximate surface area is 268 Å². The quantitative estimate of drug-likeness (QED) is 0.140. The first-order chi connectivity index (χ1) is 21.9. The van der Waals surface area contributed by atoms with Crippen LogP contribution in [0.25, 0.3) is 50.4 Å². The van der Waals surface area contributed by atoms with Crippen LogP contribution >= 0.6 is 0 Å². The second-order valence-electron chi connectivity index (χ2n) is 12.0. The number of aryl methyl sites for hydroxylation is 3. The van der Waals surface area contributed by atoms with Crippen LogP contribution in [0, 0.1) is 13.8 Å². The van der Waals surface area contributed by atoms with E-state index in [-0.39, 0.29) is 6.42 Å². The molecule has 0 unspecified atom stereocenters. The van der Waals surface area contributed by atoms with Crippen LogP contribution < -0.4 is 5.32 Å². The summed E-state index contributed by atoms with van der Waals surface area (Å²) in [6.07, 6.45) is 5.43. The van der Waals surface area contributed by atoms with Gasteiger partial charge in [0, 0.05) is 39.6 Å². The zero-order valence-corrected chi connectivity index (χ0v) is 27.1. The van der Waals surface area contributed by atoms with E-state index in [1.165, 1.54) is 0 Å². The van der Waals surface area contributed by atoms with Gasteiger partial charge in [-0.2, -0.15) is 0 Å². The van der Waals surface area contributed by atoms with Crippen molar-refractivity contribution >= 4 is 62.4 Å². The smallest absolute Gasteiger partial charge is 0.320 e. The zero-order valence-electron chi connectivity index (χ0n) is 27.1. The minimum absolute atomic E-state index is 0.00835. The minimum atomic E-state index is -0.884. The van der Waals surface area contributed by atoms with Gasteiger partial charge in [0.15, 0.2) is 0 Å². The molecule has 0 spiro atoms. The number of aromatic amines is 2. The molecule has 0 aromatic carbocycles. The molecule has 9 heteroatoms. The molecule has 5 N–H and O–H groups in total. The number of allylic oxidation sites excluding steroid dienone is 5. The number of hydrogen-bond donors (Lipinski definition) is 5. The number of aliphatic carboxylic acids is 2. The first-order valence-corrected chi connectivity index (χ1v) is 15.5. The van der Waals surface area contributed by atoms with Crippen molar-refractivity contribution in [1.29, 1.82) is 0 Å². The van der Waals surface area contributed by atoms with E-state index >= 15 is 0 Å². The largest absolute Gasteiger partial charge is 0.481 e. The number of fused-ring (bicyclic) bond motifs is 8. The number of rotatable bonds is 11. The van der Waals surface area contributed by atoms with Crippen LogP contribution in [-0.2, 0) is 16.0 Å². The van der Waals surface area contributed by atoms with Crippen molar-refractivity contribution < 1.29 is 19.8 Å². The molecular formula is C37H41N5O4. The fourth-order valence-corrected chi connectivity index (χ4v) is 6.21. The van der Waals surface area contributed by atoms with Crippen molar-refractivity contribution in [1.82, 2.24) is 25.3 Å². The van der Waals surface area contributed by atoms with Gasteiger partial charge < -0.3 is 25.5 Å². The monoisotopic (exact) mass is 619 g/mol. The van der Waals surface area contributed by atoms with E-state index in [2.05, 4.69) is 35.4 Å². The van der Waals surface area contributed by atoms with E-state index < -0.39 is 18.0 Å². The normalized spacial score (nSPS) is 13.7. The second-order valence-corrected chi connectivity index (χ2v) is 12.0. The predicted molar refractivity (Wildman–Crippen MR) is 186 cm³/mol. The maximum Gasteiger partial charge on any atom is 0.320 e. The topological polar surface area (TPSA) is 144 Å². The van der Waals surface area contributed by atoms with E-state index in [0.717, 1.165) is 95.8 Å². The molecule has 0 saturated heterocycles. The first-order valence-electron chi connectivity index (χ1n) is 15.5. The average molecular weight is 620 g/mol. The van der Waals surface area contributed by atoms with Crippen LogP contribution in [0.1, 0.15) is 85.1 Å². The van der Waals surface area contributed by atoms with Crippen molar-refractivity contribution in [3.05, 3.63) is 88.5 Å². The van der Waals surface area contributed by atoms with E-state index in [0.29, 0.717) is 19.4 Å². The summed E-state index contributed by atoms with van der Waals surface area (Å²) in [7, 11) is 0. The molecule has 0 amide bonds. The maximum atomic E-state index is 11.6. The van der Waals surface area contributed by atoms with Gasteiger partial charge >= 0.3 is 11.9 Å². The third-order valence-corrected chi connectivity index (χ3v) is 9.06. The lowest BCUT2D eigenvalue weighted by molar-refractivity contribution is -0.139. The third kappa shape index (κ3) is 6.23. The highest BCUT2D eigenvalue weighted by molar-refractivity contribution is 5.98. The van der Waals surface area contributed by atoms with Gasteiger partial charge in [-0.15, -0.1) is 0 Å². The van der Waals surface area contributed by atoms with Gasteiger partial charge in [-0.25, -0.2) is 9.97 Å². The van der Waals surface area contributed by atoms with Gasteiger partial charge in [0.2, 0.25) is 0 Å². The van der Waals surface area contributed by atoms with Crippen LogP contribution in [0.3, 0.4) is 0 Å². The van der Waals surface area contributed by atoms with Gasteiger partial charge in [0.25, 0.3) is 0 Å². The van der Waals surface area contributed by atoms with Gasteiger partial charge in [0.1, 0.15) is 6.04 Å². The van der Waals surface area contributed by atoms with Crippen LogP contribution in [0.4, 0.5) is 0 Å². The number of aromatic nitrogens is 4. The second kappa shape index (κ2) is 13.1.